The summed E-state index contributed by atoms with van der Waals surface area (Å²) in [6.45, 7) is 11.9. The van der Waals surface area contributed by atoms with Crippen molar-refractivity contribution in [1.29, 1.82) is 0 Å². The first-order valence-electron chi connectivity index (χ1n) is 16.8. The largest absolute Gasteiger partial charge is 0.491 e. The lowest BCUT2D eigenvalue weighted by atomic mass is 9.83. The van der Waals surface area contributed by atoms with E-state index in [2.05, 4.69) is 18.0 Å². The summed E-state index contributed by atoms with van der Waals surface area (Å²) in [5.74, 6) is -0.650. The standard InChI is InChI=1S/C35H56N2O5S/c1-7-10-11-12-13-14-15-16-17-18-19-20-21-23-28-24-22-25-29(42-26(4)5)31(28)32-30(33(38)40-8-2)27(6)36-34(43)37(32)35(39)41-9-3/h22,24-26,30,32H,7-21,23H2,1-6H3. The Morgan fingerprint density at radius 1 is 0.860 bits per heavy atom. The Kier molecular flexibility index (Phi) is 17.5. The van der Waals surface area contributed by atoms with E-state index in [1.807, 2.05) is 26.0 Å². The van der Waals surface area contributed by atoms with Gasteiger partial charge in [0.05, 0.1) is 25.4 Å². The topological polar surface area (TPSA) is 77.4 Å². The van der Waals surface area contributed by atoms with Gasteiger partial charge in [-0.25, -0.2) is 14.7 Å². The van der Waals surface area contributed by atoms with Crippen LogP contribution in [-0.2, 0) is 20.7 Å². The van der Waals surface area contributed by atoms with E-state index in [0.29, 0.717) is 11.5 Å². The van der Waals surface area contributed by atoms with Crippen molar-refractivity contribution in [2.75, 3.05) is 13.2 Å². The van der Waals surface area contributed by atoms with Gasteiger partial charge in [-0.1, -0.05) is 96.1 Å². The third-order valence-electron chi connectivity index (χ3n) is 7.89. The second-order valence-corrected chi connectivity index (χ2v) is 12.1. The molecule has 0 fully saturated rings. The molecule has 1 aromatic rings. The van der Waals surface area contributed by atoms with E-state index < -0.39 is 24.0 Å². The molecule has 1 amide bonds. The fourth-order valence-electron chi connectivity index (χ4n) is 5.82. The number of nitrogens with zero attached hydrogens (tertiary/aromatic N) is 2. The van der Waals surface area contributed by atoms with Crippen LogP contribution in [0.1, 0.15) is 142 Å². The van der Waals surface area contributed by atoms with E-state index in [4.69, 9.17) is 26.4 Å². The first-order chi connectivity index (χ1) is 20.8. The highest BCUT2D eigenvalue weighted by molar-refractivity contribution is 7.80. The van der Waals surface area contributed by atoms with Gasteiger partial charge in [0.2, 0.25) is 5.11 Å². The number of thiocarbonyl (C=S) groups is 1. The van der Waals surface area contributed by atoms with Crippen LogP contribution in [0.15, 0.2) is 23.2 Å². The molecule has 0 saturated carbocycles. The van der Waals surface area contributed by atoms with Crippen molar-refractivity contribution in [3.63, 3.8) is 0 Å². The number of amides is 1. The summed E-state index contributed by atoms with van der Waals surface area (Å²) < 4.78 is 17.2. The molecule has 1 heterocycles. The summed E-state index contributed by atoms with van der Waals surface area (Å²) in [6, 6.07) is 5.17. The Bertz CT molecular complexity index is 1040. The number of aryl methyl sites for hydroxylation is 1. The smallest absolute Gasteiger partial charge is 0.416 e. The van der Waals surface area contributed by atoms with Crippen LogP contribution in [0.3, 0.4) is 0 Å². The maximum atomic E-state index is 13.4. The van der Waals surface area contributed by atoms with Gasteiger partial charge in [0.15, 0.2) is 0 Å². The van der Waals surface area contributed by atoms with Crippen LogP contribution < -0.4 is 4.74 Å². The molecule has 7 nitrogen and oxygen atoms in total. The summed E-state index contributed by atoms with van der Waals surface area (Å²) in [5, 5.41) is 0.0766. The lowest BCUT2D eigenvalue weighted by molar-refractivity contribution is -0.147. The number of hydrogen-bond donors (Lipinski definition) is 0. The number of esters is 1. The highest BCUT2D eigenvalue weighted by atomic mass is 32.1. The molecule has 0 N–H and O–H groups in total. The number of ether oxygens (including phenoxy) is 3. The minimum absolute atomic E-state index is 0.0766. The molecule has 1 aliphatic rings. The third-order valence-corrected chi connectivity index (χ3v) is 8.18. The van der Waals surface area contributed by atoms with Gasteiger partial charge in [0, 0.05) is 11.3 Å². The van der Waals surface area contributed by atoms with Crippen molar-refractivity contribution < 1.29 is 23.8 Å². The molecule has 0 aliphatic carbocycles. The highest BCUT2D eigenvalue weighted by Crippen LogP contribution is 2.42. The normalized spacial score (nSPS) is 16.8. The third kappa shape index (κ3) is 11.8. The van der Waals surface area contributed by atoms with Gasteiger partial charge >= 0.3 is 12.1 Å². The minimum Gasteiger partial charge on any atom is -0.491 e. The summed E-state index contributed by atoms with van der Waals surface area (Å²) in [4.78, 5) is 32.5. The molecular weight excluding hydrogens is 560 g/mol. The van der Waals surface area contributed by atoms with Crippen LogP contribution in [0.2, 0.25) is 0 Å². The lowest BCUT2D eigenvalue weighted by Gasteiger charge is -2.39. The molecule has 2 atom stereocenters. The second kappa shape index (κ2) is 20.5. The van der Waals surface area contributed by atoms with E-state index in [1.54, 1.807) is 20.8 Å². The van der Waals surface area contributed by atoms with Crippen molar-refractivity contribution in [1.82, 2.24) is 4.90 Å². The first-order valence-corrected chi connectivity index (χ1v) is 17.2. The van der Waals surface area contributed by atoms with E-state index in [0.717, 1.165) is 30.4 Å². The van der Waals surface area contributed by atoms with Gasteiger partial charge < -0.3 is 14.2 Å². The van der Waals surface area contributed by atoms with Crippen molar-refractivity contribution in [2.24, 2.45) is 10.9 Å². The van der Waals surface area contributed by atoms with Crippen LogP contribution in [0.4, 0.5) is 4.79 Å². The first kappa shape index (κ1) is 36.7. The maximum Gasteiger partial charge on any atom is 0.416 e. The molecule has 8 heteroatoms. The predicted molar refractivity (Wildman–Crippen MR) is 179 cm³/mol. The van der Waals surface area contributed by atoms with Gasteiger partial charge in [-0.3, -0.25) is 4.79 Å². The number of benzene rings is 1. The fraction of sp³-hybridized carbons (Fsp3) is 0.714. The van der Waals surface area contributed by atoms with Crippen LogP contribution in [-0.4, -0.2) is 47.1 Å². The van der Waals surface area contributed by atoms with Gasteiger partial charge in [0.25, 0.3) is 0 Å². The molecule has 2 unspecified atom stereocenters. The Hall–Kier alpha value is -2.48. The van der Waals surface area contributed by atoms with Gasteiger partial charge in [-0.2, -0.15) is 0 Å². The Labute approximate surface area is 266 Å². The summed E-state index contributed by atoms with van der Waals surface area (Å²) in [7, 11) is 0. The van der Waals surface area contributed by atoms with E-state index in [1.165, 1.54) is 75.5 Å². The molecule has 1 aromatic carbocycles. The van der Waals surface area contributed by atoms with E-state index >= 15 is 0 Å². The zero-order valence-corrected chi connectivity index (χ0v) is 28.4. The van der Waals surface area contributed by atoms with Crippen LogP contribution in [0.25, 0.3) is 0 Å². The van der Waals surface area contributed by atoms with Gasteiger partial charge in [0.1, 0.15) is 11.7 Å². The SMILES string of the molecule is CCCCCCCCCCCCCCCc1cccc(OC(C)C)c1C1C(C(=O)OCC)C(C)=NC(=S)N1C(=O)OCC. The maximum absolute atomic E-state index is 13.4. The summed E-state index contributed by atoms with van der Waals surface area (Å²) in [6.07, 6.45) is 16.8. The molecule has 1 aliphatic heterocycles. The molecule has 242 valence electrons. The Morgan fingerprint density at radius 3 is 1.95 bits per heavy atom. The lowest BCUT2D eigenvalue weighted by Crippen LogP contribution is -2.50. The molecule has 0 aromatic heterocycles. The Morgan fingerprint density at radius 2 is 1.42 bits per heavy atom. The quantitative estimate of drug-likeness (QED) is 0.0825. The van der Waals surface area contributed by atoms with E-state index in [9.17, 15) is 9.59 Å². The van der Waals surface area contributed by atoms with Crippen molar-refractivity contribution in [2.45, 2.75) is 144 Å². The molecule has 43 heavy (non-hydrogen) atoms. The number of hydrogen-bond acceptors (Lipinski definition) is 6. The number of unbranched alkanes of at least 4 members (excludes halogenated alkanes) is 12. The molecule has 0 radical (unpaired) electrons. The van der Waals surface area contributed by atoms with Crippen LogP contribution in [0, 0.1) is 5.92 Å². The molecular formula is C35H56N2O5S. The number of rotatable bonds is 20. The van der Waals surface area contributed by atoms with Crippen molar-refractivity contribution in [3.8, 4) is 5.75 Å². The highest BCUT2D eigenvalue weighted by Gasteiger charge is 2.47. The minimum atomic E-state index is -0.835. The zero-order valence-electron chi connectivity index (χ0n) is 27.6. The summed E-state index contributed by atoms with van der Waals surface area (Å²) in [5.41, 5.74) is 2.32. The average Bonchev–Trinajstić information content (AvgIpc) is 2.95. The molecule has 0 saturated heterocycles. The number of carbonyl (C=O) groups is 2. The number of carbonyl (C=O) groups excluding carboxylic acids is 2. The molecule has 0 spiro atoms. The van der Waals surface area contributed by atoms with Gasteiger partial charge in [-0.05, 0) is 71.3 Å². The zero-order chi connectivity index (χ0) is 31.6. The number of aliphatic imine (C=N–C) groups is 1. The van der Waals surface area contributed by atoms with Crippen LogP contribution >= 0.6 is 12.2 Å². The van der Waals surface area contributed by atoms with Crippen molar-refractivity contribution >= 4 is 35.1 Å². The van der Waals surface area contributed by atoms with Gasteiger partial charge in [-0.15, -0.1) is 0 Å². The Balaban J connectivity index is 2.20. The molecule has 2 rings (SSSR count). The average molecular weight is 617 g/mol. The molecule has 0 bridgehead atoms. The second-order valence-electron chi connectivity index (χ2n) is 11.8. The summed E-state index contributed by atoms with van der Waals surface area (Å²) >= 11 is 5.59. The monoisotopic (exact) mass is 616 g/mol. The fourth-order valence-corrected chi connectivity index (χ4v) is 6.15. The predicted octanol–water partition coefficient (Wildman–Crippen LogP) is 9.55. The van der Waals surface area contributed by atoms with E-state index in [-0.39, 0.29) is 24.4 Å². The van der Waals surface area contributed by atoms with Crippen molar-refractivity contribution in [3.05, 3.63) is 29.3 Å². The van der Waals surface area contributed by atoms with Crippen LogP contribution in [0.5, 0.6) is 5.75 Å².